The highest BCUT2D eigenvalue weighted by molar-refractivity contribution is 6.66. The lowest BCUT2D eigenvalue weighted by molar-refractivity contribution is 0.400. The zero-order chi connectivity index (χ0) is 14.6. The molecular weight excluding hydrogens is 321 g/mol. The predicted octanol–water partition coefficient (Wildman–Crippen LogP) is 3.88. The van der Waals surface area contributed by atoms with E-state index in [1.165, 1.54) is 7.11 Å². The Balaban J connectivity index is 2.40. The number of halogens is 3. The summed E-state index contributed by atoms with van der Waals surface area (Å²) in [5, 5.41) is 11.2. The van der Waals surface area contributed by atoms with E-state index in [1.54, 1.807) is 6.08 Å². The summed E-state index contributed by atoms with van der Waals surface area (Å²) in [5.74, 6) is 0.284. The molecule has 1 heterocycles. The highest BCUT2D eigenvalue weighted by Gasteiger charge is 2.31. The Kier molecular flexibility index (Phi) is 4.81. The lowest BCUT2D eigenvalue weighted by atomic mass is 10.2. The molecule has 104 valence electrons. The van der Waals surface area contributed by atoms with Crippen molar-refractivity contribution >= 4 is 47.0 Å². The molecule has 0 radical (unpaired) electrons. The van der Waals surface area contributed by atoms with Crippen LogP contribution in [0.1, 0.15) is 17.0 Å². The smallest absolute Gasteiger partial charge is 0.238 e. The number of alkyl halides is 3. The molecule has 4 nitrogen and oxygen atoms in total. The van der Waals surface area contributed by atoms with Crippen LogP contribution in [0.5, 0.6) is 5.75 Å². The van der Waals surface area contributed by atoms with Crippen LogP contribution >= 0.6 is 34.8 Å². The Morgan fingerprint density at radius 2 is 1.75 bits per heavy atom. The average molecular weight is 331 g/mol. The van der Waals surface area contributed by atoms with Gasteiger partial charge in [0.2, 0.25) is 3.79 Å². The van der Waals surface area contributed by atoms with Crippen molar-refractivity contribution in [3.63, 3.8) is 0 Å². The first-order valence-corrected chi connectivity index (χ1v) is 6.73. The molecule has 0 amide bonds. The number of hydrogen-bond acceptors (Lipinski definition) is 4. The molecule has 1 aromatic carbocycles. The Morgan fingerprint density at radius 1 is 1.05 bits per heavy atom. The molecule has 20 heavy (non-hydrogen) atoms. The Bertz CT molecular complexity index is 612. The first-order chi connectivity index (χ1) is 9.52. The summed E-state index contributed by atoms with van der Waals surface area (Å²) in [7, 11) is 1.46. The largest absolute Gasteiger partial charge is 0.492 e. The zero-order valence-electron chi connectivity index (χ0n) is 10.4. The van der Waals surface area contributed by atoms with Crippen LogP contribution in [0.4, 0.5) is 0 Å². The van der Waals surface area contributed by atoms with E-state index in [9.17, 15) is 0 Å². The van der Waals surface area contributed by atoms with Gasteiger partial charge in [-0.15, -0.1) is 10.2 Å². The van der Waals surface area contributed by atoms with Crippen molar-refractivity contribution in [1.82, 2.24) is 15.4 Å². The number of nitrogens with zero attached hydrogens (tertiary/aromatic N) is 3. The van der Waals surface area contributed by atoms with E-state index in [0.29, 0.717) is 5.69 Å². The summed E-state index contributed by atoms with van der Waals surface area (Å²) >= 11 is 17.5. The van der Waals surface area contributed by atoms with E-state index in [-0.39, 0.29) is 11.4 Å². The van der Waals surface area contributed by atoms with Crippen molar-refractivity contribution in [3.8, 4) is 5.75 Å². The van der Waals surface area contributed by atoms with Gasteiger partial charge in [-0.3, -0.25) is 0 Å². The van der Waals surface area contributed by atoms with Crippen LogP contribution in [0.2, 0.25) is 0 Å². The minimum absolute atomic E-state index is 0.104. The first-order valence-electron chi connectivity index (χ1n) is 5.60. The Morgan fingerprint density at radius 3 is 2.35 bits per heavy atom. The number of rotatable bonds is 3. The monoisotopic (exact) mass is 329 g/mol. The summed E-state index contributed by atoms with van der Waals surface area (Å²) < 4.78 is 3.50. The summed E-state index contributed by atoms with van der Waals surface area (Å²) in [6.07, 6.45) is 3.58. The quantitative estimate of drug-likeness (QED) is 0.801. The normalized spacial score (nSPS) is 11.8. The van der Waals surface area contributed by atoms with Gasteiger partial charge in [0.1, 0.15) is 5.69 Å². The maximum absolute atomic E-state index is 5.83. The highest BCUT2D eigenvalue weighted by atomic mass is 35.6. The van der Waals surface area contributed by atoms with Crippen molar-refractivity contribution in [2.75, 3.05) is 7.11 Å². The van der Waals surface area contributed by atoms with E-state index >= 15 is 0 Å². The molecule has 0 fully saturated rings. The van der Waals surface area contributed by atoms with E-state index in [2.05, 4.69) is 15.4 Å². The molecule has 0 unspecified atom stereocenters. The van der Waals surface area contributed by atoms with Gasteiger partial charge in [-0.1, -0.05) is 71.2 Å². The molecule has 0 N–H and O–H groups in total. The molecular formula is C13H10Cl3N3O. The van der Waals surface area contributed by atoms with Crippen LogP contribution < -0.4 is 4.74 Å². The van der Waals surface area contributed by atoms with Crippen LogP contribution in [-0.4, -0.2) is 22.5 Å². The predicted molar refractivity (Wildman–Crippen MR) is 81.0 cm³/mol. The van der Waals surface area contributed by atoms with Gasteiger partial charge in [-0.2, -0.15) is 0 Å². The lowest BCUT2D eigenvalue weighted by Crippen LogP contribution is -2.11. The fourth-order valence-corrected chi connectivity index (χ4v) is 1.93. The second kappa shape index (κ2) is 6.39. The highest BCUT2D eigenvalue weighted by Crippen LogP contribution is 2.42. The second-order valence-electron chi connectivity index (χ2n) is 3.80. The maximum Gasteiger partial charge on any atom is 0.238 e. The van der Waals surface area contributed by atoms with Gasteiger partial charge >= 0.3 is 0 Å². The van der Waals surface area contributed by atoms with E-state index in [4.69, 9.17) is 39.5 Å². The number of ether oxygens (including phenoxy) is 1. The van der Waals surface area contributed by atoms with Gasteiger partial charge in [0.25, 0.3) is 0 Å². The molecule has 0 spiro atoms. The SMILES string of the molecule is COc1c(C=Cc2ccccc2)nnnc1C(Cl)(Cl)Cl. The molecule has 2 rings (SSSR count). The van der Waals surface area contributed by atoms with Crippen LogP contribution in [-0.2, 0) is 3.79 Å². The van der Waals surface area contributed by atoms with E-state index in [0.717, 1.165) is 5.56 Å². The minimum Gasteiger partial charge on any atom is -0.492 e. The number of aromatic nitrogens is 3. The fourth-order valence-electron chi connectivity index (χ4n) is 1.56. The first kappa shape index (κ1) is 15.0. The molecule has 0 atom stereocenters. The van der Waals surface area contributed by atoms with Crippen molar-refractivity contribution in [3.05, 3.63) is 47.3 Å². The lowest BCUT2D eigenvalue weighted by Gasteiger charge is -2.13. The summed E-state index contributed by atoms with van der Waals surface area (Å²) in [5.41, 5.74) is 1.55. The van der Waals surface area contributed by atoms with Gasteiger partial charge in [0.15, 0.2) is 11.4 Å². The molecule has 0 aliphatic carbocycles. The van der Waals surface area contributed by atoms with Crippen LogP contribution in [0, 0.1) is 0 Å². The zero-order valence-corrected chi connectivity index (χ0v) is 12.7. The average Bonchev–Trinajstić information content (AvgIpc) is 2.44. The molecule has 0 bridgehead atoms. The van der Waals surface area contributed by atoms with Crippen LogP contribution in [0.15, 0.2) is 30.3 Å². The molecule has 0 saturated heterocycles. The molecule has 2 aromatic rings. The third-order valence-corrected chi connectivity index (χ3v) is 2.99. The molecule has 7 heteroatoms. The molecule has 0 saturated carbocycles. The summed E-state index contributed by atoms with van der Waals surface area (Å²) in [6.45, 7) is 0. The standard InChI is InChI=1S/C13H10Cl3N3O/c1-20-11-10(8-7-9-5-3-2-4-6-9)17-19-18-12(11)13(14,15)16/h2-8H,1H3. The van der Waals surface area contributed by atoms with Gasteiger partial charge in [-0.25, -0.2) is 0 Å². The van der Waals surface area contributed by atoms with Gasteiger partial charge in [0, 0.05) is 0 Å². The van der Waals surface area contributed by atoms with Crippen molar-refractivity contribution in [2.45, 2.75) is 3.79 Å². The molecule has 0 aliphatic rings. The topological polar surface area (TPSA) is 47.9 Å². The minimum atomic E-state index is -1.73. The van der Waals surface area contributed by atoms with Crippen molar-refractivity contribution in [2.24, 2.45) is 0 Å². The van der Waals surface area contributed by atoms with E-state index < -0.39 is 3.79 Å². The van der Waals surface area contributed by atoms with Crippen LogP contribution in [0.3, 0.4) is 0 Å². The molecule has 0 aliphatic heterocycles. The third kappa shape index (κ3) is 3.60. The van der Waals surface area contributed by atoms with Gasteiger partial charge in [0.05, 0.1) is 7.11 Å². The van der Waals surface area contributed by atoms with Crippen molar-refractivity contribution in [1.29, 1.82) is 0 Å². The number of hydrogen-bond donors (Lipinski definition) is 0. The van der Waals surface area contributed by atoms with Crippen LogP contribution in [0.25, 0.3) is 12.2 Å². The fraction of sp³-hybridized carbons (Fsp3) is 0.154. The maximum atomic E-state index is 5.83. The third-order valence-electron chi connectivity index (χ3n) is 2.45. The van der Waals surface area contributed by atoms with Gasteiger partial charge in [-0.05, 0) is 16.9 Å². The second-order valence-corrected chi connectivity index (χ2v) is 6.08. The Labute approximate surface area is 131 Å². The van der Waals surface area contributed by atoms with Gasteiger partial charge < -0.3 is 4.74 Å². The number of methoxy groups -OCH3 is 1. The van der Waals surface area contributed by atoms with E-state index in [1.807, 2.05) is 36.4 Å². The number of benzene rings is 1. The van der Waals surface area contributed by atoms with Crippen molar-refractivity contribution < 1.29 is 4.74 Å². The molecule has 1 aromatic heterocycles. The summed E-state index contributed by atoms with van der Waals surface area (Å²) in [4.78, 5) is 0. The Hall–Kier alpha value is -1.36. The summed E-state index contributed by atoms with van der Waals surface area (Å²) in [6, 6.07) is 9.70.